The second kappa shape index (κ2) is 9.61. The summed E-state index contributed by atoms with van der Waals surface area (Å²) in [7, 11) is 0. The Morgan fingerprint density at radius 3 is 2.41 bits per heavy atom. The minimum Gasteiger partial charge on any atom is -0.507 e. The maximum absolute atomic E-state index is 10.3. The Balaban J connectivity index is 0.00000280. The van der Waals surface area contributed by atoms with Crippen molar-refractivity contribution in [2.45, 2.75) is 26.2 Å². The summed E-state index contributed by atoms with van der Waals surface area (Å²) in [5, 5.41) is 12.5. The standard InChI is InChI=1S/C32H25N2O2.Pt/c1-32(2,3)22-15-16-33-27(19-22)26-18-21(17-20-9-4-5-10-23(20)26)24-12-8-14-29-30(24)34-31(36-29)25-11-6-7-13-28(25)35;/h4-17,19,35H,1-3H3;/q-1;. The van der Waals surface area contributed by atoms with E-state index >= 15 is 0 Å². The van der Waals surface area contributed by atoms with E-state index in [4.69, 9.17) is 14.4 Å². The normalized spacial score (nSPS) is 11.5. The molecule has 0 saturated heterocycles. The fourth-order valence-electron chi connectivity index (χ4n) is 4.56. The van der Waals surface area contributed by atoms with Gasteiger partial charge in [-0.05, 0) is 35.2 Å². The molecule has 4 aromatic carbocycles. The maximum atomic E-state index is 10.3. The van der Waals surface area contributed by atoms with Crippen molar-refractivity contribution in [3.63, 3.8) is 0 Å². The van der Waals surface area contributed by atoms with Crippen LogP contribution >= 0.6 is 0 Å². The minimum atomic E-state index is 0. The molecular weight excluding hydrogens is 639 g/mol. The van der Waals surface area contributed by atoms with Gasteiger partial charge in [0.1, 0.15) is 11.3 Å². The number of pyridine rings is 1. The molecule has 0 aliphatic rings. The summed E-state index contributed by atoms with van der Waals surface area (Å²) in [5.41, 5.74) is 6.85. The van der Waals surface area contributed by atoms with Crippen molar-refractivity contribution in [2.24, 2.45) is 0 Å². The van der Waals surface area contributed by atoms with Gasteiger partial charge in [-0.2, -0.15) is 0 Å². The number of phenols is 1. The van der Waals surface area contributed by atoms with Crippen molar-refractivity contribution < 1.29 is 30.6 Å². The molecule has 186 valence electrons. The molecule has 1 N–H and O–H groups in total. The first-order chi connectivity index (χ1) is 17.4. The fourth-order valence-corrected chi connectivity index (χ4v) is 4.56. The van der Waals surface area contributed by atoms with Crippen LogP contribution in [0.3, 0.4) is 0 Å². The van der Waals surface area contributed by atoms with Gasteiger partial charge in [0.2, 0.25) is 5.89 Å². The molecule has 4 nitrogen and oxygen atoms in total. The molecule has 6 aromatic rings. The third-order valence-corrected chi connectivity index (χ3v) is 6.52. The Morgan fingerprint density at radius 2 is 1.59 bits per heavy atom. The summed E-state index contributed by atoms with van der Waals surface area (Å²) in [6, 6.07) is 31.3. The van der Waals surface area contributed by atoms with Crippen LogP contribution in [-0.2, 0) is 26.5 Å². The average Bonchev–Trinajstić information content (AvgIpc) is 3.32. The average molecular weight is 665 g/mol. The summed E-state index contributed by atoms with van der Waals surface area (Å²) in [6.45, 7) is 6.62. The Kier molecular flexibility index (Phi) is 6.47. The first-order valence-electron chi connectivity index (χ1n) is 12.0. The largest absolute Gasteiger partial charge is 0.507 e. The molecular formula is C32H25N2O2Pt-. The van der Waals surface area contributed by atoms with Crippen molar-refractivity contribution in [3.8, 4) is 39.6 Å². The molecule has 6 rings (SSSR count). The van der Waals surface area contributed by atoms with Crippen molar-refractivity contribution in [2.75, 3.05) is 0 Å². The predicted octanol–water partition coefficient (Wildman–Crippen LogP) is 8.18. The number of hydrogen-bond acceptors (Lipinski definition) is 4. The SMILES string of the molecule is CC(C)(C)c1ccnc(-c2[c-]c(-c3cccc4oc(-c5ccccc5O)nc34)cc3ccccc23)c1.[Pt]. The summed E-state index contributed by atoms with van der Waals surface area (Å²) in [6.07, 6.45) is 1.88. The molecule has 0 aliphatic heterocycles. The van der Waals surface area contributed by atoms with Crippen LogP contribution in [0.15, 0.2) is 95.5 Å². The third kappa shape index (κ3) is 4.58. The van der Waals surface area contributed by atoms with Crippen molar-refractivity contribution in [1.82, 2.24) is 9.97 Å². The number of hydrogen-bond donors (Lipinski definition) is 1. The number of para-hydroxylation sites is 2. The Morgan fingerprint density at radius 1 is 0.838 bits per heavy atom. The van der Waals surface area contributed by atoms with Gasteiger partial charge in [-0.3, -0.25) is 4.98 Å². The van der Waals surface area contributed by atoms with Gasteiger partial charge in [-0.15, -0.1) is 17.7 Å². The van der Waals surface area contributed by atoms with Gasteiger partial charge >= 0.3 is 0 Å². The first-order valence-corrected chi connectivity index (χ1v) is 12.0. The zero-order valence-corrected chi connectivity index (χ0v) is 23.0. The van der Waals surface area contributed by atoms with Crippen LogP contribution in [0.2, 0.25) is 0 Å². The van der Waals surface area contributed by atoms with E-state index in [0.29, 0.717) is 17.0 Å². The second-order valence-electron chi connectivity index (χ2n) is 10.0. The maximum Gasteiger partial charge on any atom is 0.230 e. The van der Waals surface area contributed by atoms with Crippen LogP contribution in [0.5, 0.6) is 5.75 Å². The number of nitrogens with zero attached hydrogens (tertiary/aromatic N) is 2. The second-order valence-corrected chi connectivity index (χ2v) is 10.0. The number of fused-ring (bicyclic) bond motifs is 2. The summed E-state index contributed by atoms with van der Waals surface area (Å²) >= 11 is 0. The summed E-state index contributed by atoms with van der Waals surface area (Å²) in [4.78, 5) is 9.52. The van der Waals surface area contributed by atoms with Crippen LogP contribution in [0.25, 0.3) is 55.7 Å². The van der Waals surface area contributed by atoms with Gasteiger partial charge in [-0.1, -0.05) is 97.3 Å². The van der Waals surface area contributed by atoms with E-state index in [1.165, 1.54) is 5.56 Å². The van der Waals surface area contributed by atoms with Gasteiger partial charge in [0.25, 0.3) is 0 Å². The molecule has 0 bridgehead atoms. The number of phenolic OH excluding ortho intramolecular Hbond substituents is 1. The number of benzene rings is 4. The van der Waals surface area contributed by atoms with E-state index in [0.717, 1.165) is 38.7 Å². The van der Waals surface area contributed by atoms with Crippen LogP contribution < -0.4 is 0 Å². The topological polar surface area (TPSA) is 59.2 Å². The molecule has 0 aliphatic carbocycles. The molecule has 0 spiro atoms. The van der Waals surface area contributed by atoms with E-state index in [-0.39, 0.29) is 32.2 Å². The molecule has 5 heteroatoms. The Bertz CT molecular complexity index is 1750. The van der Waals surface area contributed by atoms with Crippen molar-refractivity contribution >= 4 is 21.9 Å². The first kappa shape index (κ1) is 24.9. The minimum absolute atomic E-state index is 0. The van der Waals surface area contributed by atoms with E-state index in [2.05, 4.69) is 57.2 Å². The van der Waals surface area contributed by atoms with E-state index < -0.39 is 0 Å². The van der Waals surface area contributed by atoms with Gasteiger partial charge in [-0.25, -0.2) is 4.98 Å². The zero-order chi connectivity index (χ0) is 24.9. The van der Waals surface area contributed by atoms with Crippen LogP contribution in [0, 0.1) is 6.07 Å². The van der Waals surface area contributed by atoms with Gasteiger partial charge in [0.15, 0.2) is 0 Å². The molecule has 2 aromatic heterocycles. The molecule has 37 heavy (non-hydrogen) atoms. The Labute approximate surface area is 230 Å². The quantitative estimate of drug-likeness (QED) is 0.194. The fraction of sp³-hybridized carbons (Fsp3) is 0.125. The molecule has 2 heterocycles. The van der Waals surface area contributed by atoms with E-state index in [9.17, 15) is 5.11 Å². The van der Waals surface area contributed by atoms with Crippen molar-refractivity contribution in [1.29, 1.82) is 0 Å². The van der Waals surface area contributed by atoms with E-state index in [1.807, 2.05) is 42.6 Å². The third-order valence-electron chi connectivity index (χ3n) is 6.52. The zero-order valence-electron chi connectivity index (χ0n) is 20.7. The molecule has 0 fully saturated rings. The number of aromatic nitrogens is 2. The monoisotopic (exact) mass is 664 g/mol. The molecule has 0 radical (unpaired) electrons. The van der Waals surface area contributed by atoms with Crippen LogP contribution in [-0.4, -0.2) is 15.1 Å². The Hall–Kier alpha value is -3.75. The molecule has 0 atom stereocenters. The number of aromatic hydroxyl groups is 1. The predicted molar refractivity (Wildman–Crippen MR) is 145 cm³/mol. The molecule has 0 unspecified atom stereocenters. The van der Waals surface area contributed by atoms with Crippen LogP contribution in [0.1, 0.15) is 26.3 Å². The smallest absolute Gasteiger partial charge is 0.230 e. The summed E-state index contributed by atoms with van der Waals surface area (Å²) in [5.74, 6) is 0.520. The number of rotatable bonds is 3. The van der Waals surface area contributed by atoms with Gasteiger partial charge in [0, 0.05) is 33.0 Å². The van der Waals surface area contributed by atoms with Gasteiger partial charge < -0.3 is 9.52 Å². The summed E-state index contributed by atoms with van der Waals surface area (Å²) < 4.78 is 6.06. The molecule has 0 amide bonds. The molecule has 0 saturated carbocycles. The van der Waals surface area contributed by atoms with Crippen LogP contribution in [0.4, 0.5) is 0 Å². The van der Waals surface area contributed by atoms with E-state index in [1.54, 1.807) is 18.2 Å². The van der Waals surface area contributed by atoms with Gasteiger partial charge in [0.05, 0.1) is 11.1 Å². The van der Waals surface area contributed by atoms with Crippen molar-refractivity contribution in [3.05, 3.63) is 103 Å². The number of oxazole rings is 1.